The summed E-state index contributed by atoms with van der Waals surface area (Å²) < 4.78 is 5.11. The number of carbonyl (C=O) groups is 1. The van der Waals surface area contributed by atoms with Gasteiger partial charge in [0.05, 0.1) is 17.7 Å². The molecule has 0 radical (unpaired) electrons. The summed E-state index contributed by atoms with van der Waals surface area (Å²) in [7, 11) is 1.49. The number of methoxy groups -OCH3 is 1. The summed E-state index contributed by atoms with van der Waals surface area (Å²) in [5.41, 5.74) is 5.36. The topological polar surface area (TPSA) is 106 Å². The molecule has 2 aromatic rings. The lowest BCUT2D eigenvalue weighted by Crippen LogP contribution is -2.33. The average molecular weight is 302 g/mol. The Kier molecular flexibility index (Phi) is 4.76. The molecule has 8 heteroatoms. The lowest BCUT2D eigenvalue weighted by Gasteiger charge is -2.12. The molecule has 0 unspecified atom stereocenters. The quantitative estimate of drug-likeness (QED) is 0.581. The van der Waals surface area contributed by atoms with Crippen molar-refractivity contribution < 1.29 is 14.5 Å². The third-order valence-corrected chi connectivity index (χ3v) is 2.77. The number of amides is 2. The molecule has 2 rings (SSSR count). The molecule has 0 fully saturated rings. The largest absolute Gasteiger partial charge is 0.495 e. The Morgan fingerprint density at radius 1 is 1.09 bits per heavy atom. The molecule has 22 heavy (non-hydrogen) atoms. The first-order valence-electron chi connectivity index (χ1n) is 6.31. The van der Waals surface area contributed by atoms with Gasteiger partial charge >= 0.3 is 6.03 Å². The minimum absolute atomic E-state index is 0.139. The van der Waals surface area contributed by atoms with Gasteiger partial charge in [-0.1, -0.05) is 24.3 Å². The van der Waals surface area contributed by atoms with Crippen LogP contribution in [0.2, 0.25) is 0 Å². The second-order valence-electron chi connectivity index (χ2n) is 4.18. The minimum Gasteiger partial charge on any atom is -0.495 e. The van der Waals surface area contributed by atoms with E-state index in [1.807, 2.05) is 0 Å². The van der Waals surface area contributed by atoms with Crippen molar-refractivity contribution >= 4 is 23.1 Å². The molecule has 2 aromatic carbocycles. The minimum atomic E-state index is -0.581. The van der Waals surface area contributed by atoms with E-state index < -0.39 is 11.0 Å². The molecule has 8 nitrogen and oxygen atoms in total. The number of nitrogens with zero attached hydrogens (tertiary/aromatic N) is 1. The van der Waals surface area contributed by atoms with Gasteiger partial charge in [-0.15, -0.1) is 0 Å². The first kappa shape index (κ1) is 15.1. The lowest BCUT2D eigenvalue weighted by molar-refractivity contribution is -0.384. The standard InChI is InChI=1S/C14H14N4O4/c1-22-13-9-5-3-7-11(13)15-14(19)17-16-10-6-2-4-8-12(10)18(20)21/h2-9,16H,1H3,(H2,15,17,19). The summed E-state index contributed by atoms with van der Waals surface area (Å²) in [5.74, 6) is 0.503. The van der Waals surface area contributed by atoms with Crippen molar-refractivity contribution in [1.82, 2.24) is 5.43 Å². The van der Waals surface area contributed by atoms with Gasteiger partial charge in [0.25, 0.3) is 5.69 Å². The van der Waals surface area contributed by atoms with E-state index >= 15 is 0 Å². The lowest BCUT2D eigenvalue weighted by atomic mass is 10.3. The molecule has 0 aliphatic rings. The van der Waals surface area contributed by atoms with E-state index in [1.165, 1.54) is 25.3 Å². The van der Waals surface area contributed by atoms with E-state index in [1.54, 1.807) is 30.3 Å². The molecule has 0 heterocycles. The summed E-state index contributed by atoms with van der Waals surface area (Å²) in [6.07, 6.45) is 0. The fourth-order valence-electron chi connectivity index (χ4n) is 1.76. The second-order valence-corrected chi connectivity index (χ2v) is 4.18. The van der Waals surface area contributed by atoms with Crippen LogP contribution >= 0.6 is 0 Å². The van der Waals surface area contributed by atoms with Crippen LogP contribution in [0.25, 0.3) is 0 Å². The number of hydrazine groups is 1. The monoisotopic (exact) mass is 302 g/mol. The number of nitro benzene ring substituents is 1. The number of benzene rings is 2. The van der Waals surface area contributed by atoms with Gasteiger partial charge in [0.1, 0.15) is 11.4 Å². The predicted octanol–water partition coefficient (Wildman–Crippen LogP) is 2.75. The number of para-hydroxylation sites is 4. The Bertz CT molecular complexity index is 690. The summed E-state index contributed by atoms with van der Waals surface area (Å²) >= 11 is 0. The molecular weight excluding hydrogens is 288 g/mol. The molecule has 114 valence electrons. The van der Waals surface area contributed by atoms with Crippen LogP contribution in [0.3, 0.4) is 0 Å². The summed E-state index contributed by atoms with van der Waals surface area (Å²) in [6, 6.07) is 12.3. The number of nitro groups is 1. The highest BCUT2D eigenvalue weighted by molar-refractivity contribution is 5.91. The van der Waals surface area contributed by atoms with Gasteiger partial charge < -0.3 is 10.1 Å². The second kappa shape index (κ2) is 6.93. The smallest absolute Gasteiger partial charge is 0.337 e. The number of hydrogen-bond donors (Lipinski definition) is 3. The van der Waals surface area contributed by atoms with Gasteiger partial charge in [0.15, 0.2) is 0 Å². The van der Waals surface area contributed by atoms with Gasteiger partial charge in [0.2, 0.25) is 0 Å². The van der Waals surface area contributed by atoms with Crippen molar-refractivity contribution in [1.29, 1.82) is 0 Å². The van der Waals surface area contributed by atoms with Gasteiger partial charge in [-0.3, -0.25) is 21.0 Å². The van der Waals surface area contributed by atoms with E-state index in [-0.39, 0.29) is 11.4 Å². The fourth-order valence-corrected chi connectivity index (χ4v) is 1.76. The maximum Gasteiger partial charge on any atom is 0.337 e. The molecular formula is C14H14N4O4. The summed E-state index contributed by atoms with van der Waals surface area (Å²) in [5, 5.41) is 13.4. The highest BCUT2D eigenvalue weighted by Gasteiger charge is 2.13. The maximum atomic E-state index is 11.8. The number of hydrogen-bond acceptors (Lipinski definition) is 5. The Morgan fingerprint density at radius 3 is 2.41 bits per heavy atom. The van der Waals surface area contributed by atoms with E-state index in [2.05, 4.69) is 16.2 Å². The molecule has 0 aliphatic heterocycles. The van der Waals surface area contributed by atoms with Crippen molar-refractivity contribution in [2.45, 2.75) is 0 Å². The zero-order valence-corrected chi connectivity index (χ0v) is 11.7. The molecule has 0 aliphatic carbocycles. The molecule has 0 bridgehead atoms. The SMILES string of the molecule is COc1ccccc1NC(=O)NNc1ccccc1[N+](=O)[O-]. The Hall–Kier alpha value is -3.29. The highest BCUT2D eigenvalue weighted by Crippen LogP contribution is 2.23. The van der Waals surface area contributed by atoms with Crippen molar-refractivity contribution in [3.63, 3.8) is 0 Å². The van der Waals surface area contributed by atoms with Crippen LogP contribution in [-0.2, 0) is 0 Å². The normalized spacial score (nSPS) is 9.68. The fraction of sp³-hybridized carbons (Fsp3) is 0.0714. The molecule has 0 saturated carbocycles. The molecule has 0 saturated heterocycles. The van der Waals surface area contributed by atoms with Crippen LogP contribution in [0.5, 0.6) is 5.75 Å². The maximum absolute atomic E-state index is 11.8. The first-order valence-corrected chi connectivity index (χ1v) is 6.31. The van der Waals surface area contributed by atoms with E-state index in [4.69, 9.17) is 4.74 Å². The van der Waals surface area contributed by atoms with E-state index in [0.29, 0.717) is 11.4 Å². The van der Waals surface area contributed by atoms with Crippen molar-refractivity contribution in [3.05, 3.63) is 58.6 Å². The number of nitrogens with one attached hydrogen (secondary N) is 3. The Balaban J connectivity index is 2.00. The van der Waals surface area contributed by atoms with Gasteiger partial charge in [0, 0.05) is 6.07 Å². The van der Waals surface area contributed by atoms with Crippen LogP contribution in [0.15, 0.2) is 48.5 Å². The first-order chi connectivity index (χ1) is 10.6. The number of urea groups is 1. The van der Waals surface area contributed by atoms with E-state index in [9.17, 15) is 14.9 Å². The van der Waals surface area contributed by atoms with Crippen LogP contribution in [0.1, 0.15) is 0 Å². The average Bonchev–Trinajstić information content (AvgIpc) is 2.53. The number of ether oxygens (including phenoxy) is 1. The third kappa shape index (κ3) is 3.63. The van der Waals surface area contributed by atoms with Crippen LogP contribution < -0.4 is 20.9 Å². The van der Waals surface area contributed by atoms with Gasteiger partial charge in [-0.05, 0) is 18.2 Å². The van der Waals surface area contributed by atoms with Crippen molar-refractivity contribution in [2.24, 2.45) is 0 Å². The number of anilines is 2. The van der Waals surface area contributed by atoms with E-state index in [0.717, 1.165) is 0 Å². The van der Waals surface area contributed by atoms with Crippen molar-refractivity contribution in [3.8, 4) is 5.75 Å². The Labute approximate surface area is 126 Å². The number of rotatable bonds is 5. The van der Waals surface area contributed by atoms with Crippen LogP contribution in [0, 0.1) is 10.1 Å². The highest BCUT2D eigenvalue weighted by atomic mass is 16.6. The van der Waals surface area contributed by atoms with Crippen LogP contribution in [-0.4, -0.2) is 18.1 Å². The molecule has 3 N–H and O–H groups in total. The zero-order chi connectivity index (χ0) is 15.9. The zero-order valence-electron chi connectivity index (χ0n) is 11.7. The molecule has 0 spiro atoms. The summed E-state index contributed by atoms with van der Waals surface area (Å²) in [6.45, 7) is 0. The predicted molar refractivity (Wildman–Crippen MR) is 81.9 cm³/mol. The molecule has 0 aromatic heterocycles. The van der Waals surface area contributed by atoms with Gasteiger partial charge in [-0.2, -0.15) is 0 Å². The molecule has 0 atom stereocenters. The number of carbonyl (C=O) groups excluding carboxylic acids is 1. The third-order valence-electron chi connectivity index (χ3n) is 2.77. The van der Waals surface area contributed by atoms with Crippen LogP contribution in [0.4, 0.5) is 21.9 Å². The van der Waals surface area contributed by atoms with Gasteiger partial charge in [-0.25, -0.2) is 4.79 Å². The summed E-state index contributed by atoms with van der Waals surface area (Å²) in [4.78, 5) is 22.1. The Morgan fingerprint density at radius 2 is 1.73 bits per heavy atom. The van der Waals surface area contributed by atoms with Crippen molar-refractivity contribution in [2.75, 3.05) is 17.9 Å². The molecule has 2 amide bonds.